The molecule has 0 saturated carbocycles. The molecule has 0 aliphatic rings. The molecule has 0 unspecified atom stereocenters. The van der Waals surface area contributed by atoms with Crippen molar-refractivity contribution in [3.8, 4) is 0 Å². The molecule has 0 aromatic carbocycles. The van der Waals surface area contributed by atoms with Gasteiger partial charge < -0.3 is 14.2 Å². The lowest BCUT2D eigenvalue weighted by Crippen LogP contribution is -2.30. The highest BCUT2D eigenvalue weighted by molar-refractivity contribution is 5.71. The smallest absolute Gasteiger partial charge is 0.306 e. The van der Waals surface area contributed by atoms with Crippen LogP contribution in [0.5, 0.6) is 0 Å². The van der Waals surface area contributed by atoms with Crippen molar-refractivity contribution in [1.29, 1.82) is 0 Å². The van der Waals surface area contributed by atoms with Crippen LogP contribution in [0.2, 0.25) is 0 Å². The average Bonchev–Trinajstić information content (AvgIpc) is 3.21. The van der Waals surface area contributed by atoms with Gasteiger partial charge in [-0.2, -0.15) is 0 Å². The first-order chi connectivity index (χ1) is 28.4. The van der Waals surface area contributed by atoms with Crippen molar-refractivity contribution in [2.24, 2.45) is 5.92 Å². The van der Waals surface area contributed by atoms with Crippen LogP contribution in [-0.4, -0.2) is 37.2 Å². The molecular weight excluding hydrogens is 721 g/mol. The van der Waals surface area contributed by atoms with Crippen molar-refractivity contribution in [3.63, 3.8) is 0 Å². The lowest BCUT2D eigenvalue weighted by Gasteiger charge is -2.18. The summed E-state index contributed by atoms with van der Waals surface area (Å²) < 4.78 is 16.8. The fraction of sp³-hybridized carbons (Fsp3) is 0.942. The van der Waals surface area contributed by atoms with E-state index in [2.05, 4.69) is 27.7 Å². The van der Waals surface area contributed by atoms with Crippen LogP contribution in [0.15, 0.2) is 0 Å². The molecule has 6 nitrogen and oxygen atoms in total. The summed E-state index contributed by atoms with van der Waals surface area (Å²) in [6.45, 7) is 9.03. The summed E-state index contributed by atoms with van der Waals surface area (Å²) in [7, 11) is 0. The van der Waals surface area contributed by atoms with Crippen LogP contribution in [0, 0.1) is 5.92 Å². The van der Waals surface area contributed by atoms with Crippen LogP contribution in [0.1, 0.15) is 291 Å². The molecule has 344 valence electrons. The van der Waals surface area contributed by atoms with Crippen LogP contribution in [-0.2, 0) is 28.6 Å². The van der Waals surface area contributed by atoms with Gasteiger partial charge in [0.15, 0.2) is 6.10 Å². The average molecular weight is 821 g/mol. The molecule has 6 heteroatoms. The Morgan fingerprint density at radius 2 is 0.569 bits per heavy atom. The van der Waals surface area contributed by atoms with Crippen LogP contribution < -0.4 is 0 Å². The van der Waals surface area contributed by atoms with Gasteiger partial charge in [-0.3, -0.25) is 14.4 Å². The van der Waals surface area contributed by atoms with Crippen molar-refractivity contribution < 1.29 is 28.6 Å². The lowest BCUT2D eigenvalue weighted by atomic mass is 10.0. The number of ether oxygens (including phenoxy) is 3. The van der Waals surface area contributed by atoms with E-state index in [9.17, 15) is 14.4 Å². The van der Waals surface area contributed by atoms with E-state index >= 15 is 0 Å². The zero-order chi connectivity index (χ0) is 42.4. The number of unbranched alkanes of at least 4 members (excludes halogenated alkanes) is 34. The van der Waals surface area contributed by atoms with Gasteiger partial charge >= 0.3 is 17.9 Å². The molecule has 0 radical (unpaired) electrons. The predicted octanol–water partition coefficient (Wildman–Crippen LogP) is 16.7. The Kier molecular flexibility index (Phi) is 45.2. The molecule has 0 fully saturated rings. The molecule has 0 rings (SSSR count). The number of rotatable bonds is 47. The van der Waals surface area contributed by atoms with Gasteiger partial charge in [-0.25, -0.2) is 0 Å². The third-order valence-electron chi connectivity index (χ3n) is 11.8. The Bertz CT molecular complexity index is 872. The molecule has 0 aromatic heterocycles. The molecule has 0 aromatic rings. The first-order valence-corrected chi connectivity index (χ1v) is 25.9. The zero-order valence-corrected chi connectivity index (χ0v) is 39.5. The molecule has 0 saturated heterocycles. The minimum Gasteiger partial charge on any atom is -0.462 e. The van der Waals surface area contributed by atoms with Gasteiger partial charge in [0.05, 0.1) is 0 Å². The van der Waals surface area contributed by atoms with E-state index in [4.69, 9.17) is 14.2 Å². The third kappa shape index (κ3) is 45.5. The number of esters is 3. The highest BCUT2D eigenvalue weighted by atomic mass is 16.6. The summed E-state index contributed by atoms with van der Waals surface area (Å²) in [5, 5.41) is 0. The molecule has 0 bridgehead atoms. The zero-order valence-electron chi connectivity index (χ0n) is 39.5. The standard InChI is InChI=1S/C52H100O6/c1-5-7-9-11-13-15-22-27-31-35-39-43-50(53)56-46-49(58-52(55)45-41-37-33-29-23-16-14-12-10-8-6-2)47-57-51(54)44-40-36-32-28-25-21-19-17-18-20-24-26-30-34-38-42-48(3)4/h48-49H,5-47H2,1-4H3/t49-/m1/s1. The fourth-order valence-electron chi connectivity index (χ4n) is 7.86. The predicted molar refractivity (Wildman–Crippen MR) is 247 cm³/mol. The summed E-state index contributed by atoms with van der Waals surface area (Å²) >= 11 is 0. The molecule has 0 spiro atoms. The lowest BCUT2D eigenvalue weighted by molar-refractivity contribution is -0.167. The summed E-state index contributed by atoms with van der Waals surface area (Å²) in [5.74, 6) is 0.00368. The SMILES string of the molecule is CCCCCCCCCCCCCC(=O)OC[C@H](COC(=O)CCCCCCCCCCCCCCCCCC(C)C)OC(=O)CCCCCCCCCCCCC. The van der Waals surface area contributed by atoms with Crippen LogP contribution >= 0.6 is 0 Å². The van der Waals surface area contributed by atoms with Crippen molar-refractivity contribution in [3.05, 3.63) is 0 Å². The Morgan fingerprint density at radius 3 is 0.845 bits per heavy atom. The molecule has 0 N–H and O–H groups in total. The maximum Gasteiger partial charge on any atom is 0.306 e. The summed E-state index contributed by atoms with van der Waals surface area (Å²) in [5.41, 5.74) is 0. The minimum atomic E-state index is -0.759. The molecule has 58 heavy (non-hydrogen) atoms. The molecule has 0 heterocycles. The van der Waals surface area contributed by atoms with Gasteiger partial charge in [0.1, 0.15) is 13.2 Å². The summed E-state index contributed by atoms with van der Waals surface area (Å²) in [6.07, 6.45) is 48.0. The number of carbonyl (C=O) groups excluding carboxylic acids is 3. The molecule has 0 aliphatic carbocycles. The normalized spacial score (nSPS) is 11.9. The van der Waals surface area contributed by atoms with Gasteiger partial charge in [0, 0.05) is 19.3 Å². The quantitative estimate of drug-likeness (QED) is 0.0346. The largest absolute Gasteiger partial charge is 0.462 e. The maximum absolute atomic E-state index is 12.7. The first kappa shape index (κ1) is 56.4. The van der Waals surface area contributed by atoms with Gasteiger partial charge in [0.2, 0.25) is 0 Å². The fourth-order valence-corrected chi connectivity index (χ4v) is 7.86. The van der Waals surface area contributed by atoms with Gasteiger partial charge in [0.25, 0.3) is 0 Å². The molecule has 1 atom stereocenters. The number of hydrogen-bond donors (Lipinski definition) is 0. The van der Waals surface area contributed by atoms with Gasteiger partial charge in [-0.1, -0.05) is 252 Å². The second kappa shape index (κ2) is 46.5. The van der Waals surface area contributed by atoms with E-state index in [0.717, 1.165) is 63.7 Å². The van der Waals surface area contributed by atoms with Crippen LogP contribution in [0.4, 0.5) is 0 Å². The monoisotopic (exact) mass is 821 g/mol. The highest BCUT2D eigenvalue weighted by Crippen LogP contribution is 2.17. The Morgan fingerprint density at radius 1 is 0.328 bits per heavy atom. The third-order valence-corrected chi connectivity index (χ3v) is 11.8. The van der Waals surface area contributed by atoms with Crippen molar-refractivity contribution >= 4 is 17.9 Å². The van der Waals surface area contributed by atoms with E-state index in [1.807, 2.05) is 0 Å². The van der Waals surface area contributed by atoms with Crippen molar-refractivity contribution in [2.75, 3.05) is 13.2 Å². The Balaban J connectivity index is 4.24. The summed E-state index contributed by atoms with van der Waals surface area (Å²) in [4.78, 5) is 37.9. The van der Waals surface area contributed by atoms with Crippen molar-refractivity contribution in [1.82, 2.24) is 0 Å². The summed E-state index contributed by atoms with van der Waals surface area (Å²) in [6, 6.07) is 0. The van der Waals surface area contributed by atoms with E-state index in [0.29, 0.717) is 19.3 Å². The molecular formula is C52H100O6. The Hall–Kier alpha value is -1.59. The van der Waals surface area contributed by atoms with E-state index < -0.39 is 6.10 Å². The minimum absolute atomic E-state index is 0.0626. The molecule has 0 amide bonds. The van der Waals surface area contributed by atoms with Crippen LogP contribution in [0.25, 0.3) is 0 Å². The second-order valence-corrected chi connectivity index (χ2v) is 18.3. The molecule has 0 aliphatic heterocycles. The number of hydrogen-bond acceptors (Lipinski definition) is 6. The van der Waals surface area contributed by atoms with Gasteiger partial charge in [-0.15, -0.1) is 0 Å². The van der Waals surface area contributed by atoms with E-state index in [-0.39, 0.29) is 31.1 Å². The van der Waals surface area contributed by atoms with Crippen LogP contribution in [0.3, 0.4) is 0 Å². The number of carbonyl (C=O) groups is 3. The van der Waals surface area contributed by atoms with E-state index in [1.165, 1.54) is 186 Å². The first-order valence-electron chi connectivity index (χ1n) is 25.9. The highest BCUT2D eigenvalue weighted by Gasteiger charge is 2.19. The maximum atomic E-state index is 12.7. The van der Waals surface area contributed by atoms with E-state index in [1.54, 1.807) is 0 Å². The van der Waals surface area contributed by atoms with Crippen molar-refractivity contribution in [2.45, 2.75) is 297 Å². The Labute approximate surface area is 361 Å². The van der Waals surface area contributed by atoms with Gasteiger partial charge in [-0.05, 0) is 25.2 Å². The second-order valence-electron chi connectivity index (χ2n) is 18.3. The topological polar surface area (TPSA) is 78.9 Å².